The van der Waals surface area contributed by atoms with Gasteiger partial charge in [-0.2, -0.15) is 4.31 Å². The lowest BCUT2D eigenvalue weighted by Gasteiger charge is -2.38. The van der Waals surface area contributed by atoms with Crippen molar-refractivity contribution in [1.29, 1.82) is 0 Å². The number of piperidine rings is 1. The molecule has 1 aromatic rings. The molecular formula is C15H22N2O4S2. The molecule has 8 heteroatoms. The molecule has 1 atom stereocenters. The summed E-state index contributed by atoms with van der Waals surface area (Å²) < 4.78 is 32.4. The van der Waals surface area contributed by atoms with Gasteiger partial charge in [-0.3, -0.25) is 4.79 Å². The smallest absolute Gasteiger partial charge is 0.252 e. The van der Waals surface area contributed by atoms with Crippen molar-refractivity contribution in [3.63, 3.8) is 0 Å². The van der Waals surface area contributed by atoms with Gasteiger partial charge in [0.15, 0.2) is 0 Å². The average Bonchev–Trinajstić information content (AvgIpc) is 3.18. The lowest BCUT2D eigenvalue weighted by molar-refractivity contribution is -0.138. The monoisotopic (exact) mass is 358 g/mol. The van der Waals surface area contributed by atoms with Gasteiger partial charge in [-0.1, -0.05) is 6.07 Å². The third-order valence-corrected chi connectivity index (χ3v) is 8.02. The molecule has 2 fully saturated rings. The SMILES string of the molecule is COCCN1CCC2(CCCN(S(=O)(=O)c3cccs3)C2)C1=O. The highest BCUT2D eigenvalue weighted by atomic mass is 32.2. The molecule has 0 bridgehead atoms. The summed E-state index contributed by atoms with van der Waals surface area (Å²) >= 11 is 1.23. The Balaban J connectivity index is 1.78. The van der Waals surface area contributed by atoms with Gasteiger partial charge in [0.25, 0.3) is 10.0 Å². The Morgan fingerprint density at radius 2 is 2.17 bits per heavy atom. The molecule has 23 heavy (non-hydrogen) atoms. The second-order valence-electron chi connectivity index (χ2n) is 6.19. The fraction of sp³-hybridized carbons (Fsp3) is 0.667. The van der Waals surface area contributed by atoms with Crippen LogP contribution < -0.4 is 0 Å². The molecule has 0 aromatic carbocycles. The van der Waals surface area contributed by atoms with Crippen LogP contribution in [-0.2, 0) is 19.6 Å². The topological polar surface area (TPSA) is 66.9 Å². The number of carbonyl (C=O) groups excluding carboxylic acids is 1. The van der Waals surface area contributed by atoms with Crippen LogP contribution in [0.3, 0.4) is 0 Å². The summed E-state index contributed by atoms with van der Waals surface area (Å²) in [5, 5.41) is 1.76. The average molecular weight is 358 g/mol. The van der Waals surface area contributed by atoms with Crippen molar-refractivity contribution in [2.75, 3.05) is 39.9 Å². The van der Waals surface area contributed by atoms with E-state index in [0.29, 0.717) is 37.0 Å². The number of hydrogen-bond acceptors (Lipinski definition) is 5. The van der Waals surface area contributed by atoms with Crippen LogP contribution in [0.15, 0.2) is 21.7 Å². The summed E-state index contributed by atoms with van der Waals surface area (Å²) in [6, 6.07) is 3.37. The van der Waals surface area contributed by atoms with E-state index in [1.165, 1.54) is 15.6 Å². The number of methoxy groups -OCH3 is 1. The Labute approximate surface area is 141 Å². The van der Waals surface area contributed by atoms with Crippen LogP contribution in [0, 0.1) is 5.41 Å². The molecule has 1 unspecified atom stereocenters. The first-order chi connectivity index (χ1) is 11.0. The van der Waals surface area contributed by atoms with Crippen molar-refractivity contribution in [3.8, 4) is 0 Å². The van der Waals surface area contributed by atoms with Gasteiger partial charge in [0.05, 0.1) is 12.0 Å². The Morgan fingerprint density at radius 1 is 1.35 bits per heavy atom. The minimum absolute atomic E-state index is 0.0839. The fourth-order valence-electron chi connectivity index (χ4n) is 3.52. The molecule has 3 rings (SSSR count). The summed E-state index contributed by atoms with van der Waals surface area (Å²) in [4.78, 5) is 14.6. The highest BCUT2D eigenvalue weighted by Gasteiger charge is 2.50. The van der Waals surface area contributed by atoms with E-state index in [0.717, 1.165) is 19.3 Å². The second kappa shape index (κ2) is 6.51. The largest absolute Gasteiger partial charge is 0.383 e. The van der Waals surface area contributed by atoms with E-state index in [-0.39, 0.29) is 5.91 Å². The van der Waals surface area contributed by atoms with Crippen molar-refractivity contribution in [1.82, 2.24) is 9.21 Å². The first-order valence-corrected chi connectivity index (χ1v) is 10.1. The molecule has 0 aliphatic carbocycles. The maximum absolute atomic E-state index is 12.8. The zero-order valence-electron chi connectivity index (χ0n) is 13.2. The minimum atomic E-state index is -3.48. The summed E-state index contributed by atoms with van der Waals surface area (Å²) in [6.07, 6.45) is 2.23. The number of carbonyl (C=O) groups is 1. The molecule has 1 spiro atoms. The highest BCUT2D eigenvalue weighted by Crippen LogP contribution is 2.41. The number of rotatable bonds is 5. The molecule has 6 nitrogen and oxygen atoms in total. The predicted molar refractivity (Wildman–Crippen MR) is 87.8 cm³/mol. The van der Waals surface area contributed by atoms with Gasteiger partial charge in [0.2, 0.25) is 5.91 Å². The molecule has 0 radical (unpaired) electrons. The maximum Gasteiger partial charge on any atom is 0.252 e. The number of nitrogens with zero attached hydrogens (tertiary/aromatic N) is 2. The molecule has 2 saturated heterocycles. The van der Waals surface area contributed by atoms with Crippen LogP contribution in [0.2, 0.25) is 0 Å². The highest BCUT2D eigenvalue weighted by molar-refractivity contribution is 7.91. The van der Waals surface area contributed by atoms with Crippen molar-refractivity contribution in [2.45, 2.75) is 23.5 Å². The van der Waals surface area contributed by atoms with Crippen molar-refractivity contribution < 1.29 is 17.9 Å². The quantitative estimate of drug-likeness (QED) is 0.798. The maximum atomic E-state index is 12.8. The third-order valence-electron chi connectivity index (χ3n) is 4.80. The van der Waals surface area contributed by atoms with E-state index < -0.39 is 15.4 Å². The van der Waals surface area contributed by atoms with Crippen LogP contribution >= 0.6 is 11.3 Å². The zero-order chi connectivity index (χ0) is 16.5. The predicted octanol–water partition coefficient (Wildman–Crippen LogP) is 1.40. The molecule has 3 heterocycles. The second-order valence-corrected chi connectivity index (χ2v) is 9.30. The van der Waals surface area contributed by atoms with Crippen LogP contribution in [-0.4, -0.2) is 63.4 Å². The van der Waals surface area contributed by atoms with Crippen LogP contribution in [0.25, 0.3) is 0 Å². The first-order valence-electron chi connectivity index (χ1n) is 7.82. The summed E-state index contributed by atoms with van der Waals surface area (Å²) in [6.45, 7) is 2.58. The van der Waals surface area contributed by atoms with Gasteiger partial charge in [-0.25, -0.2) is 8.42 Å². The van der Waals surface area contributed by atoms with Gasteiger partial charge in [-0.15, -0.1) is 11.3 Å². The number of ether oxygens (including phenoxy) is 1. The van der Waals surface area contributed by atoms with Crippen LogP contribution in [0.5, 0.6) is 0 Å². The number of likely N-dealkylation sites (tertiary alicyclic amines) is 1. The van der Waals surface area contributed by atoms with Crippen molar-refractivity contribution in [3.05, 3.63) is 17.5 Å². The van der Waals surface area contributed by atoms with Crippen LogP contribution in [0.4, 0.5) is 0 Å². The number of hydrogen-bond donors (Lipinski definition) is 0. The van der Waals surface area contributed by atoms with Crippen molar-refractivity contribution >= 4 is 27.3 Å². The Kier molecular flexibility index (Phi) is 4.78. The van der Waals surface area contributed by atoms with E-state index in [4.69, 9.17) is 4.74 Å². The van der Waals surface area contributed by atoms with Gasteiger partial charge in [0.1, 0.15) is 4.21 Å². The summed E-state index contributed by atoms with van der Waals surface area (Å²) in [5.41, 5.74) is -0.545. The van der Waals surface area contributed by atoms with Gasteiger partial charge in [0, 0.05) is 33.3 Å². The molecule has 2 aliphatic heterocycles. The minimum Gasteiger partial charge on any atom is -0.383 e. The van der Waals surface area contributed by atoms with Crippen molar-refractivity contribution in [2.24, 2.45) is 5.41 Å². The summed E-state index contributed by atoms with van der Waals surface area (Å²) in [7, 11) is -1.87. The number of amides is 1. The normalized spacial score (nSPS) is 26.3. The lowest BCUT2D eigenvalue weighted by Crippen LogP contribution is -2.49. The molecule has 128 valence electrons. The number of thiophene rings is 1. The van der Waals surface area contributed by atoms with Crippen LogP contribution in [0.1, 0.15) is 19.3 Å². The molecule has 1 aromatic heterocycles. The lowest BCUT2D eigenvalue weighted by atomic mass is 9.79. The molecule has 0 N–H and O–H groups in total. The third kappa shape index (κ3) is 3.05. The van der Waals surface area contributed by atoms with E-state index in [2.05, 4.69) is 0 Å². The Hall–Kier alpha value is -0.960. The van der Waals surface area contributed by atoms with E-state index in [1.807, 2.05) is 4.90 Å². The fourth-order valence-corrected chi connectivity index (χ4v) is 6.23. The Morgan fingerprint density at radius 3 is 2.87 bits per heavy atom. The van der Waals surface area contributed by atoms with E-state index >= 15 is 0 Å². The molecule has 1 amide bonds. The molecule has 0 saturated carbocycles. The van der Waals surface area contributed by atoms with E-state index in [9.17, 15) is 13.2 Å². The van der Waals surface area contributed by atoms with Gasteiger partial charge < -0.3 is 9.64 Å². The van der Waals surface area contributed by atoms with E-state index in [1.54, 1.807) is 24.6 Å². The van der Waals surface area contributed by atoms with Gasteiger partial charge >= 0.3 is 0 Å². The molecular weight excluding hydrogens is 336 g/mol. The summed E-state index contributed by atoms with van der Waals surface area (Å²) in [5.74, 6) is 0.0839. The number of sulfonamides is 1. The standard InChI is InChI=1S/C15H22N2O4S2/c1-21-10-9-16-8-6-15(14(16)18)5-3-7-17(12-15)23(19,20)13-4-2-11-22-13/h2,4,11H,3,5-10,12H2,1H3. The van der Waals surface area contributed by atoms with Gasteiger partial charge in [-0.05, 0) is 30.7 Å². The first kappa shape index (κ1) is 16.9. The molecule has 2 aliphatic rings. The Bertz CT molecular complexity index is 659. The zero-order valence-corrected chi connectivity index (χ0v) is 14.9.